The zero-order valence-corrected chi connectivity index (χ0v) is 15.5. The molecule has 1 aromatic rings. The van der Waals surface area contributed by atoms with E-state index < -0.39 is 11.6 Å². The lowest BCUT2D eigenvalue weighted by atomic mass is 9.74. The summed E-state index contributed by atoms with van der Waals surface area (Å²) in [7, 11) is 5.53. The summed E-state index contributed by atoms with van der Waals surface area (Å²) in [6.07, 6.45) is 6.72. The Bertz CT molecular complexity index is 507. The van der Waals surface area contributed by atoms with E-state index in [1.807, 2.05) is 0 Å². The molecular weight excluding hydrogens is 408 g/mol. The van der Waals surface area contributed by atoms with Crippen LogP contribution in [0.3, 0.4) is 0 Å². The van der Waals surface area contributed by atoms with Crippen molar-refractivity contribution in [1.82, 2.24) is 5.32 Å². The summed E-state index contributed by atoms with van der Waals surface area (Å²) in [5.41, 5.74) is 7.23. The third-order valence-corrected chi connectivity index (χ3v) is 6.08. The molecule has 0 saturated heterocycles. The second kappa shape index (κ2) is 8.76. The average Bonchev–Trinajstić information content (AvgIpc) is 2.45. The standard InChI is InChI=1S/C17H24BF2IN2/c18-7-2-1-6-17(21,22)13-10-14(11-13)23-8-5-12-3-4-15(19)16(20)9-12/h3-4,9,13-14,23H,1-2,5-8,10-11,22H2. The molecule has 0 spiro atoms. The lowest BCUT2D eigenvalue weighted by Gasteiger charge is -2.44. The Morgan fingerprint density at radius 1 is 1.26 bits per heavy atom. The minimum Gasteiger partial charge on any atom is -0.317 e. The normalized spacial score (nSPS) is 23.3. The highest BCUT2D eigenvalue weighted by Crippen LogP contribution is 2.41. The van der Waals surface area contributed by atoms with Crippen LogP contribution < -0.4 is 11.1 Å². The van der Waals surface area contributed by atoms with Crippen molar-refractivity contribution in [2.45, 2.75) is 54.4 Å². The maximum absolute atomic E-state index is 13.1. The summed E-state index contributed by atoms with van der Waals surface area (Å²) >= 11 is 2.39. The largest absolute Gasteiger partial charge is 0.317 e. The van der Waals surface area contributed by atoms with Crippen molar-refractivity contribution in [3.05, 3.63) is 35.4 Å². The van der Waals surface area contributed by atoms with Gasteiger partial charge in [-0.15, -0.1) is 0 Å². The average molecular weight is 432 g/mol. The molecule has 1 aliphatic carbocycles. The third kappa shape index (κ3) is 5.67. The number of rotatable bonds is 9. The lowest BCUT2D eigenvalue weighted by Crippen LogP contribution is -2.53. The monoisotopic (exact) mass is 432 g/mol. The van der Waals surface area contributed by atoms with Crippen molar-refractivity contribution in [1.29, 1.82) is 0 Å². The highest BCUT2D eigenvalue weighted by atomic mass is 127. The SMILES string of the molecule is [B]CCCCC(N)(I)C1CC(NCCc2ccc(F)c(F)c2)C1. The van der Waals surface area contributed by atoms with E-state index >= 15 is 0 Å². The molecule has 23 heavy (non-hydrogen) atoms. The zero-order valence-electron chi connectivity index (χ0n) is 13.3. The van der Waals surface area contributed by atoms with E-state index in [9.17, 15) is 8.78 Å². The third-order valence-electron chi connectivity index (χ3n) is 4.66. The molecule has 1 aliphatic rings. The first-order chi connectivity index (χ1) is 10.9. The van der Waals surface area contributed by atoms with Crippen molar-refractivity contribution in [3.8, 4) is 0 Å². The van der Waals surface area contributed by atoms with Crippen molar-refractivity contribution in [3.63, 3.8) is 0 Å². The van der Waals surface area contributed by atoms with Crippen molar-refractivity contribution < 1.29 is 8.78 Å². The molecule has 2 rings (SSSR count). The second-order valence-electron chi connectivity index (χ2n) is 6.49. The predicted octanol–water partition coefficient (Wildman–Crippen LogP) is 3.72. The first kappa shape index (κ1) is 19.1. The van der Waals surface area contributed by atoms with Crippen LogP contribution in [0.5, 0.6) is 0 Å². The number of hydrogen-bond donors (Lipinski definition) is 2. The maximum atomic E-state index is 13.1. The summed E-state index contributed by atoms with van der Waals surface area (Å²) in [4.78, 5) is 0. The molecule has 1 saturated carbocycles. The Labute approximate surface area is 152 Å². The highest BCUT2D eigenvalue weighted by molar-refractivity contribution is 14.1. The van der Waals surface area contributed by atoms with E-state index in [-0.39, 0.29) is 3.55 Å². The van der Waals surface area contributed by atoms with Crippen LogP contribution in [0, 0.1) is 17.6 Å². The first-order valence-electron chi connectivity index (χ1n) is 8.27. The van der Waals surface area contributed by atoms with Crippen LogP contribution in [0.2, 0.25) is 6.32 Å². The molecule has 2 radical (unpaired) electrons. The molecule has 1 atom stereocenters. The first-order valence-corrected chi connectivity index (χ1v) is 9.35. The van der Waals surface area contributed by atoms with Crippen molar-refractivity contribution in [2.24, 2.45) is 11.7 Å². The van der Waals surface area contributed by atoms with Gasteiger partial charge in [-0.2, -0.15) is 0 Å². The van der Waals surface area contributed by atoms with Crippen molar-refractivity contribution >= 4 is 30.4 Å². The molecule has 1 aromatic carbocycles. The topological polar surface area (TPSA) is 38.0 Å². The zero-order chi connectivity index (χ0) is 16.9. The number of nitrogens with two attached hydrogens (primary N) is 1. The van der Waals surface area contributed by atoms with Crippen molar-refractivity contribution in [2.75, 3.05) is 6.54 Å². The van der Waals surface area contributed by atoms with Crippen LogP contribution >= 0.6 is 22.6 Å². The molecule has 0 bridgehead atoms. The molecule has 6 heteroatoms. The summed E-state index contributed by atoms with van der Waals surface area (Å²) in [6, 6.07) is 4.58. The van der Waals surface area contributed by atoms with Crippen LogP contribution in [0.15, 0.2) is 18.2 Å². The fraction of sp³-hybridized carbons (Fsp3) is 0.647. The van der Waals surface area contributed by atoms with Gasteiger partial charge in [0.25, 0.3) is 0 Å². The Morgan fingerprint density at radius 2 is 2.00 bits per heavy atom. The van der Waals surface area contributed by atoms with Gasteiger partial charge in [-0.1, -0.05) is 47.8 Å². The predicted molar refractivity (Wildman–Crippen MR) is 99.9 cm³/mol. The van der Waals surface area contributed by atoms with E-state index in [1.54, 1.807) is 6.07 Å². The molecule has 3 N–H and O–H groups in total. The molecular formula is C17H24BF2IN2. The molecule has 0 heterocycles. The minimum absolute atomic E-state index is 0.134. The van der Waals surface area contributed by atoms with Gasteiger partial charge in [-0.25, -0.2) is 8.78 Å². The Kier molecular flexibility index (Phi) is 7.29. The van der Waals surface area contributed by atoms with Crippen LogP contribution in [0.1, 0.15) is 37.7 Å². The van der Waals surface area contributed by atoms with Gasteiger partial charge in [0.15, 0.2) is 11.6 Å². The Hall–Kier alpha value is -0.205. The van der Waals surface area contributed by atoms with Crippen LogP contribution in [-0.2, 0) is 6.42 Å². The Morgan fingerprint density at radius 3 is 2.65 bits per heavy atom. The van der Waals surface area contributed by atoms with Gasteiger partial charge >= 0.3 is 0 Å². The second-order valence-corrected chi connectivity index (χ2v) is 8.50. The number of nitrogens with one attached hydrogen (secondary N) is 1. The summed E-state index contributed by atoms with van der Waals surface area (Å²) in [5.74, 6) is -1.03. The highest BCUT2D eigenvalue weighted by Gasteiger charge is 2.40. The van der Waals surface area contributed by atoms with Crippen LogP contribution in [-0.4, -0.2) is 24.0 Å². The number of hydrogen-bond acceptors (Lipinski definition) is 2. The van der Waals surface area contributed by atoms with E-state index in [1.165, 1.54) is 12.1 Å². The smallest absolute Gasteiger partial charge is 0.159 e. The van der Waals surface area contributed by atoms with E-state index in [0.717, 1.165) is 50.5 Å². The lowest BCUT2D eigenvalue weighted by molar-refractivity contribution is 0.175. The van der Waals surface area contributed by atoms with Crippen LogP contribution in [0.4, 0.5) is 8.78 Å². The molecule has 0 aromatic heterocycles. The van der Waals surface area contributed by atoms with Gasteiger partial charge in [-0.05, 0) is 55.8 Å². The maximum Gasteiger partial charge on any atom is 0.159 e. The molecule has 0 aliphatic heterocycles. The van der Waals surface area contributed by atoms with Gasteiger partial charge in [0.2, 0.25) is 0 Å². The summed E-state index contributed by atoms with van der Waals surface area (Å²) < 4.78 is 25.9. The van der Waals surface area contributed by atoms with Gasteiger partial charge < -0.3 is 11.1 Å². The fourth-order valence-corrected chi connectivity index (χ4v) is 3.93. The van der Waals surface area contributed by atoms with Gasteiger partial charge in [0.05, 0.1) is 11.4 Å². The molecule has 126 valence electrons. The summed E-state index contributed by atoms with van der Waals surface area (Å²) in [5, 5.41) is 3.48. The van der Waals surface area contributed by atoms with Crippen LogP contribution in [0.25, 0.3) is 0 Å². The number of benzene rings is 1. The summed E-state index contributed by atoms with van der Waals surface area (Å²) in [6.45, 7) is 0.772. The van der Waals surface area contributed by atoms with Gasteiger partial charge in [-0.3, -0.25) is 0 Å². The van der Waals surface area contributed by atoms with E-state index in [2.05, 4.69) is 27.9 Å². The van der Waals surface area contributed by atoms with Gasteiger partial charge in [0.1, 0.15) is 0 Å². The van der Waals surface area contributed by atoms with E-state index in [4.69, 9.17) is 13.6 Å². The molecule has 1 unspecified atom stereocenters. The minimum atomic E-state index is -0.792. The number of unbranched alkanes of at least 4 members (excludes halogenated alkanes) is 1. The quantitative estimate of drug-likeness (QED) is 0.205. The van der Waals surface area contributed by atoms with E-state index in [0.29, 0.717) is 18.4 Å². The fourth-order valence-electron chi connectivity index (χ4n) is 3.04. The number of alkyl halides is 1. The number of halogens is 3. The molecule has 0 amide bonds. The molecule has 1 fully saturated rings. The van der Waals surface area contributed by atoms with Gasteiger partial charge in [0, 0.05) is 6.04 Å². The Balaban J connectivity index is 1.65. The molecule has 2 nitrogen and oxygen atoms in total.